The van der Waals surface area contributed by atoms with Crippen molar-refractivity contribution in [2.24, 2.45) is 0 Å². The largest absolute Gasteiger partial charge is 0.478 e. The monoisotopic (exact) mass is 376 g/mol. The predicted molar refractivity (Wildman–Crippen MR) is 77.6 cm³/mol. The van der Waals surface area contributed by atoms with Crippen molar-refractivity contribution in [2.45, 2.75) is 11.8 Å². The summed E-state index contributed by atoms with van der Waals surface area (Å²) in [4.78, 5) is 22.3. The van der Waals surface area contributed by atoms with Crippen molar-refractivity contribution in [1.29, 1.82) is 0 Å². The van der Waals surface area contributed by atoms with Crippen LogP contribution in [-0.4, -0.2) is 49.3 Å². The second-order valence-corrected chi connectivity index (χ2v) is 7.30. The molecule has 0 radical (unpaired) electrons. The molecule has 1 amide bonds. The first kappa shape index (κ1) is 15.9. The van der Waals surface area contributed by atoms with Gasteiger partial charge in [0.15, 0.2) is 0 Å². The van der Waals surface area contributed by atoms with Gasteiger partial charge in [0.25, 0.3) is 0 Å². The lowest BCUT2D eigenvalue weighted by molar-refractivity contribution is -0.122. The van der Waals surface area contributed by atoms with Gasteiger partial charge >= 0.3 is 5.97 Å². The molecule has 114 valence electrons. The summed E-state index contributed by atoms with van der Waals surface area (Å²) in [6, 6.07) is 2.48. The van der Waals surface area contributed by atoms with Gasteiger partial charge in [0.1, 0.15) is 0 Å². The van der Waals surface area contributed by atoms with Crippen LogP contribution in [0.3, 0.4) is 0 Å². The van der Waals surface area contributed by atoms with Crippen LogP contribution in [0.1, 0.15) is 15.9 Å². The zero-order valence-electron chi connectivity index (χ0n) is 11.1. The lowest BCUT2D eigenvalue weighted by Gasteiger charge is -2.26. The molecule has 1 heterocycles. The number of carbonyl (C=O) groups is 2. The predicted octanol–water partition coefficient (Wildman–Crippen LogP) is 0.576. The van der Waals surface area contributed by atoms with Gasteiger partial charge in [0, 0.05) is 17.6 Å². The van der Waals surface area contributed by atoms with Gasteiger partial charge in [-0.3, -0.25) is 4.79 Å². The number of benzene rings is 1. The maximum absolute atomic E-state index is 12.6. The van der Waals surface area contributed by atoms with Crippen LogP contribution in [-0.2, 0) is 14.8 Å². The van der Waals surface area contributed by atoms with Gasteiger partial charge < -0.3 is 10.4 Å². The van der Waals surface area contributed by atoms with Crippen molar-refractivity contribution >= 4 is 37.8 Å². The summed E-state index contributed by atoms with van der Waals surface area (Å²) >= 11 is 3.18. The Bertz CT molecular complexity index is 717. The molecule has 0 saturated carbocycles. The van der Waals surface area contributed by atoms with E-state index in [1.54, 1.807) is 6.92 Å². The van der Waals surface area contributed by atoms with Crippen LogP contribution in [0.25, 0.3) is 0 Å². The fraction of sp³-hybridized carbons (Fsp3) is 0.333. The molecule has 1 aromatic carbocycles. The van der Waals surface area contributed by atoms with Gasteiger partial charge in [-0.25, -0.2) is 13.2 Å². The van der Waals surface area contributed by atoms with Crippen molar-refractivity contribution in [1.82, 2.24) is 9.62 Å². The maximum Gasteiger partial charge on any atom is 0.335 e. The Balaban J connectivity index is 2.53. The van der Waals surface area contributed by atoms with E-state index in [1.807, 2.05) is 0 Å². The number of halogens is 1. The lowest BCUT2D eigenvalue weighted by atomic mass is 10.1. The minimum atomic E-state index is -3.94. The third kappa shape index (κ3) is 3.09. The summed E-state index contributed by atoms with van der Waals surface area (Å²) in [6.07, 6.45) is 0. The summed E-state index contributed by atoms with van der Waals surface area (Å²) in [5.74, 6) is -1.59. The number of sulfonamides is 1. The molecule has 0 bridgehead atoms. The minimum Gasteiger partial charge on any atom is -0.478 e. The number of carbonyl (C=O) groups excluding carboxylic acids is 1. The van der Waals surface area contributed by atoms with Crippen molar-refractivity contribution < 1.29 is 23.1 Å². The normalized spacial score (nSPS) is 16.6. The highest BCUT2D eigenvalue weighted by Crippen LogP contribution is 2.30. The number of hydrogen-bond donors (Lipinski definition) is 2. The molecule has 21 heavy (non-hydrogen) atoms. The number of hydrogen-bond acceptors (Lipinski definition) is 4. The van der Waals surface area contributed by atoms with E-state index in [-0.39, 0.29) is 36.0 Å². The Morgan fingerprint density at radius 3 is 2.67 bits per heavy atom. The number of carboxylic acid groups (broad SMARTS) is 1. The molecule has 1 saturated heterocycles. The van der Waals surface area contributed by atoms with Gasteiger partial charge in [0.2, 0.25) is 15.9 Å². The van der Waals surface area contributed by atoms with Crippen LogP contribution in [0.5, 0.6) is 0 Å². The average Bonchev–Trinajstić information content (AvgIpc) is 2.41. The fourth-order valence-corrected chi connectivity index (χ4v) is 4.41. The topological polar surface area (TPSA) is 104 Å². The Morgan fingerprint density at radius 2 is 2.10 bits per heavy atom. The first-order valence-electron chi connectivity index (χ1n) is 6.04. The summed E-state index contributed by atoms with van der Waals surface area (Å²) in [5.41, 5.74) is 0.380. The molecule has 0 aromatic heterocycles. The van der Waals surface area contributed by atoms with Crippen LogP contribution < -0.4 is 5.32 Å². The molecule has 0 atom stereocenters. The summed E-state index contributed by atoms with van der Waals surface area (Å²) < 4.78 is 26.6. The Kier molecular flexibility index (Phi) is 4.35. The molecule has 0 spiro atoms. The van der Waals surface area contributed by atoms with Crippen LogP contribution in [0.4, 0.5) is 0 Å². The first-order valence-corrected chi connectivity index (χ1v) is 8.27. The van der Waals surface area contributed by atoms with E-state index in [0.717, 1.165) is 10.4 Å². The number of piperazine rings is 1. The number of rotatable bonds is 3. The van der Waals surface area contributed by atoms with Gasteiger partial charge in [-0.05, 0) is 40.5 Å². The molecule has 7 nitrogen and oxygen atoms in total. The summed E-state index contributed by atoms with van der Waals surface area (Å²) in [5, 5.41) is 11.6. The number of aromatic carboxylic acids is 1. The standard InChI is InChI=1S/C12H13BrN2O5S/c1-7-4-8(12(17)18)5-9(11(7)13)21(19,20)15-3-2-14-10(16)6-15/h4-5H,2-3,6H2,1H3,(H,14,16)(H,17,18). The molecule has 2 rings (SSSR count). The molecule has 1 aliphatic rings. The van der Waals surface area contributed by atoms with E-state index in [2.05, 4.69) is 21.2 Å². The minimum absolute atomic E-state index is 0.115. The number of amides is 1. The van der Waals surface area contributed by atoms with Gasteiger partial charge in [-0.2, -0.15) is 4.31 Å². The molecule has 0 aliphatic carbocycles. The number of aryl methyl sites for hydroxylation is 1. The fourth-order valence-electron chi connectivity index (χ4n) is 2.01. The van der Waals surface area contributed by atoms with E-state index in [1.165, 1.54) is 6.07 Å². The third-order valence-electron chi connectivity index (χ3n) is 3.09. The second-order valence-electron chi connectivity index (χ2n) is 4.60. The van der Waals surface area contributed by atoms with Gasteiger partial charge in [-0.15, -0.1) is 0 Å². The highest BCUT2D eigenvalue weighted by molar-refractivity contribution is 9.10. The van der Waals surface area contributed by atoms with E-state index < -0.39 is 16.0 Å². The highest BCUT2D eigenvalue weighted by Gasteiger charge is 2.31. The zero-order valence-corrected chi connectivity index (χ0v) is 13.5. The molecule has 1 aromatic rings. The van der Waals surface area contributed by atoms with Gasteiger partial charge in [0.05, 0.1) is 17.0 Å². The van der Waals surface area contributed by atoms with E-state index in [9.17, 15) is 18.0 Å². The van der Waals surface area contributed by atoms with E-state index in [0.29, 0.717) is 10.0 Å². The summed E-state index contributed by atoms with van der Waals surface area (Å²) in [7, 11) is -3.94. The SMILES string of the molecule is Cc1cc(C(=O)O)cc(S(=O)(=O)N2CCNC(=O)C2)c1Br. The molecular formula is C12H13BrN2O5S. The maximum atomic E-state index is 12.6. The van der Waals surface area contributed by atoms with Crippen molar-refractivity contribution in [3.63, 3.8) is 0 Å². The van der Waals surface area contributed by atoms with Crippen molar-refractivity contribution in [2.75, 3.05) is 19.6 Å². The Labute approximate surface area is 130 Å². The number of nitrogens with zero attached hydrogens (tertiary/aromatic N) is 1. The van der Waals surface area contributed by atoms with E-state index in [4.69, 9.17) is 5.11 Å². The van der Waals surface area contributed by atoms with Gasteiger partial charge in [-0.1, -0.05) is 0 Å². The number of nitrogens with one attached hydrogen (secondary N) is 1. The summed E-state index contributed by atoms with van der Waals surface area (Å²) in [6.45, 7) is 1.72. The van der Waals surface area contributed by atoms with E-state index >= 15 is 0 Å². The quantitative estimate of drug-likeness (QED) is 0.802. The number of carboxylic acids is 1. The van der Waals surface area contributed by atoms with Crippen LogP contribution in [0.15, 0.2) is 21.5 Å². The molecule has 9 heteroatoms. The molecule has 1 fully saturated rings. The lowest BCUT2D eigenvalue weighted by Crippen LogP contribution is -2.49. The molecule has 0 unspecified atom stereocenters. The second kappa shape index (κ2) is 5.74. The average molecular weight is 377 g/mol. The molecule has 2 N–H and O–H groups in total. The van der Waals surface area contributed by atoms with Crippen molar-refractivity contribution in [3.8, 4) is 0 Å². The van der Waals surface area contributed by atoms with Crippen LogP contribution in [0.2, 0.25) is 0 Å². The highest BCUT2D eigenvalue weighted by atomic mass is 79.9. The molecular weight excluding hydrogens is 364 g/mol. The third-order valence-corrected chi connectivity index (χ3v) is 6.27. The Hall–Kier alpha value is -1.45. The van der Waals surface area contributed by atoms with Crippen LogP contribution in [0, 0.1) is 6.92 Å². The smallest absolute Gasteiger partial charge is 0.335 e. The van der Waals surface area contributed by atoms with Crippen molar-refractivity contribution in [3.05, 3.63) is 27.7 Å². The first-order chi connectivity index (χ1) is 9.73. The Morgan fingerprint density at radius 1 is 1.43 bits per heavy atom. The molecule has 1 aliphatic heterocycles. The zero-order chi connectivity index (χ0) is 15.8. The van der Waals surface area contributed by atoms with Crippen LogP contribution >= 0.6 is 15.9 Å².